The number of esters is 1. The molecule has 17 heavy (non-hydrogen) atoms. The largest absolute Gasteiger partial charge is 0.461 e. The minimum absolute atomic E-state index is 0.0781. The molecule has 0 unspecified atom stereocenters. The van der Waals surface area contributed by atoms with Crippen LogP contribution in [0.25, 0.3) is 0 Å². The molecule has 0 atom stereocenters. The van der Waals surface area contributed by atoms with E-state index in [0.29, 0.717) is 5.76 Å². The quantitative estimate of drug-likeness (QED) is 0.253. The van der Waals surface area contributed by atoms with Gasteiger partial charge in [-0.1, -0.05) is 12.7 Å². The summed E-state index contributed by atoms with van der Waals surface area (Å²) >= 11 is 0. The molecule has 0 fully saturated rings. The lowest BCUT2D eigenvalue weighted by molar-refractivity contribution is -0.137. The van der Waals surface area contributed by atoms with E-state index < -0.39 is 12.1 Å². The molecular weight excluding hydrogens is 222 g/mol. The van der Waals surface area contributed by atoms with Crippen LogP contribution in [0.5, 0.6) is 0 Å². The molecule has 0 saturated heterocycles. The minimum Gasteiger partial charge on any atom is -0.461 e. The number of ether oxygens (including phenoxy) is 2. The Kier molecular flexibility index (Phi) is 8.10. The van der Waals surface area contributed by atoms with Gasteiger partial charge in [0.1, 0.15) is 12.4 Å². The second-order valence-electron chi connectivity index (χ2n) is 2.88. The molecule has 0 saturated carbocycles. The van der Waals surface area contributed by atoms with E-state index in [1.54, 1.807) is 25.2 Å². The van der Waals surface area contributed by atoms with Crippen LogP contribution in [-0.4, -0.2) is 25.2 Å². The molecule has 0 radical (unpaired) electrons. The molecule has 0 aromatic rings. The van der Waals surface area contributed by atoms with Crippen molar-refractivity contribution >= 4 is 12.1 Å². The predicted molar refractivity (Wildman–Crippen MR) is 64.2 cm³/mol. The lowest BCUT2D eigenvalue weighted by atomic mass is 10.4. The van der Waals surface area contributed by atoms with E-state index >= 15 is 0 Å². The molecule has 0 aromatic carbocycles. The molecule has 0 bridgehead atoms. The summed E-state index contributed by atoms with van der Waals surface area (Å²) in [5.74, 6) is -0.0729. The van der Waals surface area contributed by atoms with Crippen molar-refractivity contribution in [3.05, 3.63) is 36.6 Å². The first-order valence-electron chi connectivity index (χ1n) is 5.18. The Morgan fingerprint density at radius 3 is 2.59 bits per heavy atom. The molecule has 0 rings (SSSR count). The molecular formula is C12H17NO4. The summed E-state index contributed by atoms with van der Waals surface area (Å²) in [5, 5.41) is 2.44. The van der Waals surface area contributed by atoms with Crippen LogP contribution in [0.1, 0.15) is 13.8 Å². The van der Waals surface area contributed by atoms with E-state index in [9.17, 15) is 9.59 Å². The van der Waals surface area contributed by atoms with E-state index in [1.165, 1.54) is 0 Å². The zero-order chi connectivity index (χ0) is 13.1. The lowest BCUT2D eigenvalue weighted by Gasteiger charge is -2.06. The highest BCUT2D eigenvalue weighted by molar-refractivity contribution is 5.81. The SMILES string of the molecule is C=CC(=O)OCCNC(=O)OC(/C=C\C)=C/C. The number of alkyl carbamates (subject to hydrolysis) is 1. The van der Waals surface area contributed by atoms with Crippen LogP contribution in [-0.2, 0) is 14.3 Å². The number of carbonyl (C=O) groups excluding carboxylic acids is 2. The van der Waals surface area contributed by atoms with Crippen molar-refractivity contribution in [1.29, 1.82) is 0 Å². The van der Waals surface area contributed by atoms with Crippen LogP contribution in [0.15, 0.2) is 36.6 Å². The first kappa shape index (κ1) is 15.0. The molecule has 0 aromatic heterocycles. The van der Waals surface area contributed by atoms with Crippen molar-refractivity contribution in [3.8, 4) is 0 Å². The Morgan fingerprint density at radius 1 is 1.35 bits per heavy atom. The summed E-state index contributed by atoms with van der Waals surface area (Å²) in [7, 11) is 0. The van der Waals surface area contributed by atoms with Crippen molar-refractivity contribution in [1.82, 2.24) is 5.32 Å². The van der Waals surface area contributed by atoms with Crippen LogP contribution in [0.4, 0.5) is 4.79 Å². The maximum absolute atomic E-state index is 11.2. The topological polar surface area (TPSA) is 64.6 Å². The van der Waals surface area contributed by atoms with E-state index in [1.807, 2.05) is 6.92 Å². The van der Waals surface area contributed by atoms with Crippen molar-refractivity contribution in [2.24, 2.45) is 0 Å². The Labute approximate surface area is 101 Å². The number of rotatable bonds is 6. The van der Waals surface area contributed by atoms with Crippen LogP contribution in [0.2, 0.25) is 0 Å². The summed E-state index contributed by atoms with van der Waals surface area (Å²) < 4.78 is 9.60. The fourth-order valence-electron chi connectivity index (χ4n) is 0.860. The number of hydrogen-bond acceptors (Lipinski definition) is 4. The predicted octanol–water partition coefficient (Wildman–Crippen LogP) is 1.92. The Bertz CT molecular complexity index is 331. The average molecular weight is 239 g/mol. The maximum Gasteiger partial charge on any atom is 0.412 e. The number of nitrogens with one attached hydrogen (secondary N) is 1. The van der Waals surface area contributed by atoms with Crippen molar-refractivity contribution in [2.45, 2.75) is 13.8 Å². The number of allylic oxidation sites excluding steroid dienone is 3. The first-order chi connectivity index (χ1) is 8.13. The highest BCUT2D eigenvalue weighted by atomic mass is 16.6. The summed E-state index contributed by atoms with van der Waals surface area (Å²) in [5.41, 5.74) is 0. The maximum atomic E-state index is 11.2. The molecule has 0 spiro atoms. The first-order valence-corrected chi connectivity index (χ1v) is 5.18. The van der Waals surface area contributed by atoms with Gasteiger partial charge in [0.05, 0.1) is 6.54 Å². The lowest BCUT2D eigenvalue weighted by Crippen LogP contribution is -2.28. The third-order valence-corrected chi connectivity index (χ3v) is 1.61. The van der Waals surface area contributed by atoms with Crippen molar-refractivity contribution < 1.29 is 19.1 Å². The second kappa shape index (κ2) is 9.21. The summed E-state index contributed by atoms with van der Waals surface area (Å²) in [6.45, 7) is 7.08. The van der Waals surface area contributed by atoms with Crippen molar-refractivity contribution in [3.63, 3.8) is 0 Å². The van der Waals surface area contributed by atoms with Gasteiger partial charge in [-0.25, -0.2) is 9.59 Å². The van der Waals surface area contributed by atoms with Gasteiger partial charge in [0, 0.05) is 6.08 Å². The smallest absolute Gasteiger partial charge is 0.412 e. The normalized spacial score (nSPS) is 11.1. The Balaban J connectivity index is 3.80. The fraction of sp³-hybridized carbons (Fsp3) is 0.333. The number of amides is 1. The molecule has 0 aliphatic carbocycles. The number of carbonyl (C=O) groups is 2. The van der Waals surface area contributed by atoms with E-state index in [0.717, 1.165) is 6.08 Å². The highest BCUT2D eigenvalue weighted by Gasteiger charge is 2.03. The highest BCUT2D eigenvalue weighted by Crippen LogP contribution is 1.99. The number of hydrogen-bond donors (Lipinski definition) is 1. The minimum atomic E-state index is -0.592. The molecule has 0 aliphatic heterocycles. The standard InChI is InChI=1S/C12H17NO4/c1-4-7-10(5-2)17-12(15)13-8-9-16-11(14)6-3/h4-7H,3,8-9H2,1-2H3,(H,13,15)/b7-4-,10-5+. The van der Waals surface area contributed by atoms with E-state index in [4.69, 9.17) is 4.74 Å². The second-order valence-corrected chi connectivity index (χ2v) is 2.88. The molecule has 0 heterocycles. The van der Waals surface area contributed by atoms with Gasteiger partial charge >= 0.3 is 12.1 Å². The molecule has 1 N–H and O–H groups in total. The van der Waals surface area contributed by atoms with Gasteiger partial charge in [0.2, 0.25) is 0 Å². The van der Waals surface area contributed by atoms with Gasteiger partial charge in [-0.2, -0.15) is 0 Å². The van der Waals surface area contributed by atoms with Gasteiger partial charge in [0.15, 0.2) is 0 Å². The summed E-state index contributed by atoms with van der Waals surface area (Å²) in [6.07, 6.45) is 5.55. The summed E-state index contributed by atoms with van der Waals surface area (Å²) in [6, 6.07) is 0. The van der Waals surface area contributed by atoms with E-state index in [2.05, 4.69) is 16.6 Å². The zero-order valence-corrected chi connectivity index (χ0v) is 10.1. The van der Waals surface area contributed by atoms with Crippen LogP contribution in [0, 0.1) is 0 Å². The van der Waals surface area contributed by atoms with Gasteiger partial charge < -0.3 is 14.8 Å². The fourth-order valence-corrected chi connectivity index (χ4v) is 0.860. The van der Waals surface area contributed by atoms with Crippen LogP contribution in [0.3, 0.4) is 0 Å². The Hall–Kier alpha value is -2.04. The van der Waals surface area contributed by atoms with Crippen molar-refractivity contribution in [2.75, 3.05) is 13.2 Å². The molecule has 94 valence electrons. The summed E-state index contributed by atoms with van der Waals surface area (Å²) in [4.78, 5) is 21.9. The molecule has 5 heteroatoms. The third-order valence-electron chi connectivity index (χ3n) is 1.61. The monoisotopic (exact) mass is 239 g/mol. The van der Waals surface area contributed by atoms with Gasteiger partial charge in [-0.3, -0.25) is 0 Å². The van der Waals surface area contributed by atoms with Crippen LogP contribution < -0.4 is 5.32 Å². The molecule has 0 aliphatic rings. The zero-order valence-electron chi connectivity index (χ0n) is 10.1. The van der Waals surface area contributed by atoms with Crippen LogP contribution >= 0.6 is 0 Å². The molecule has 5 nitrogen and oxygen atoms in total. The average Bonchev–Trinajstić information content (AvgIpc) is 2.33. The third kappa shape index (κ3) is 7.84. The van der Waals surface area contributed by atoms with E-state index in [-0.39, 0.29) is 13.2 Å². The van der Waals surface area contributed by atoms with Gasteiger partial charge in [-0.15, -0.1) is 0 Å². The van der Waals surface area contributed by atoms with Gasteiger partial charge in [-0.05, 0) is 26.0 Å². The molecule has 1 amide bonds. The Morgan fingerprint density at radius 2 is 2.06 bits per heavy atom. The van der Waals surface area contributed by atoms with Gasteiger partial charge in [0.25, 0.3) is 0 Å².